The van der Waals surface area contributed by atoms with Gasteiger partial charge in [-0.25, -0.2) is 9.97 Å². The van der Waals surface area contributed by atoms with Gasteiger partial charge in [0.05, 0.1) is 19.3 Å². The Bertz CT molecular complexity index is 1530. The largest absolute Gasteiger partial charge is 0.394 e. The van der Waals surface area contributed by atoms with E-state index in [1.807, 2.05) is 12.1 Å². The van der Waals surface area contributed by atoms with E-state index >= 15 is 0 Å². The monoisotopic (exact) mass is 570 g/mol. The van der Waals surface area contributed by atoms with Gasteiger partial charge < -0.3 is 35.7 Å². The molecule has 0 amide bonds. The standard InChI is InChI=1S/C30H34N8O4/c39-16-23-25(40)26(41)29(42-23)38-18-35-24-27(36-30(37-28(24)38)33-13-11-21-15-31-17-34-21)32-14-12-22(19-7-3-1-4-8-19)20-9-5-2-6-10-20/h1-10,15,17-18,22-23,25-26,29,39-41H,11-14,16H2,(H,31,34)(H2,32,33,36,37)/t23-,25-,26-,29-/m1/s1. The molecule has 2 aromatic carbocycles. The van der Waals surface area contributed by atoms with E-state index < -0.39 is 31.1 Å². The summed E-state index contributed by atoms with van der Waals surface area (Å²) in [6, 6.07) is 20.8. The molecule has 12 heteroatoms. The minimum absolute atomic E-state index is 0.181. The summed E-state index contributed by atoms with van der Waals surface area (Å²) in [7, 11) is 0. The highest BCUT2D eigenvalue weighted by Gasteiger charge is 2.44. The second kappa shape index (κ2) is 12.7. The number of hydrogen-bond donors (Lipinski definition) is 6. The van der Waals surface area contributed by atoms with Gasteiger partial charge in [0, 0.05) is 37.3 Å². The minimum Gasteiger partial charge on any atom is -0.394 e. The van der Waals surface area contributed by atoms with Crippen LogP contribution in [0, 0.1) is 0 Å². The molecule has 1 saturated heterocycles. The van der Waals surface area contributed by atoms with Crippen LogP contribution in [-0.2, 0) is 11.2 Å². The van der Waals surface area contributed by atoms with Crippen LogP contribution < -0.4 is 10.6 Å². The minimum atomic E-state index is -1.26. The summed E-state index contributed by atoms with van der Waals surface area (Å²) in [4.78, 5) is 21.1. The molecule has 0 bridgehead atoms. The smallest absolute Gasteiger partial charge is 0.226 e. The fraction of sp³-hybridized carbons (Fsp3) is 0.333. The van der Waals surface area contributed by atoms with Gasteiger partial charge in [-0.15, -0.1) is 0 Å². The van der Waals surface area contributed by atoms with Crippen molar-refractivity contribution in [2.24, 2.45) is 0 Å². The lowest BCUT2D eigenvalue weighted by molar-refractivity contribution is -0.0511. The molecule has 3 aromatic heterocycles. The lowest BCUT2D eigenvalue weighted by atomic mass is 9.88. The maximum Gasteiger partial charge on any atom is 0.226 e. The van der Waals surface area contributed by atoms with Crippen LogP contribution >= 0.6 is 0 Å². The predicted octanol–water partition coefficient (Wildman–Crippen LogP) is 2.45. The number of aliphatic hydroxyl groups excluding tert-OH is 3. The summed E-state index contributed by atoms with van der Waals surface area (Å²) < 4.78 is 7.34. The van der Waals surface area contributed by atoms with E-state index in [9.17, 15) is 15.3 Å². The van der Waals surface area contributed by atoms with Gasteiger partial charge in [-0.05, 0) is 17.5 Å². The average molecular weight is 571 g/mol. The molecule has 1 fully saturated rings. The van der Waals surface area contributed by atoms with Gasteiger partial charge in [-0.3, -0.25) is 4.57 Å². The van der Waals surface area contributed by atoms with Crippen molar-refractivity contribution >= 4 is 22.9 Å². The van der Waals surface area contributed by atoms with E-state index in [0.29, 0.717) is 42.4 Å². The van der Waals surface area contributed by atoms with Gasteiger partial charge in [0.15, 0.2) is 23.2 Å². The van der Waals surface area contributed by atoms with Crippen LogP contribution in [0.2, 0.25) is 0 Å². The number of hydrogen-bond acceptors (Lipinski definition) is 10. The van der Waals surface area contributed by atoms with Crippen molar-refractivity contribution in [3.05, 3.63) is 96.3 Å². The van der Waals surface area contributed by atoms with Gasteiger partial charge in [-0.1, -0.05) is 60.7 Å². The van der Waals surface area contributed by atoms with E-state index in [-0.39, 0.29) is 5.92 Å². The first-order chi connectivity index (χ1) is 20.6. The number of anilines is 2. The third-order valence-corrected chi connectivity index (χ3v) is 7.57. The molecule has 6 N–H and O–H groups in total. The SMILES string of the molecule is OC[C@H]1O[C@@H](n2cnc3c(NCCC(c4ccccc4)c4ccccc4)nc(NCCc4cnc[nH]4)nc32)[C@H](O)[C@@H]1O. The molecule has 5 aromatic rings. The van der Waals surface area contributed by atoms with Crippen LogP contribution in [0.3, 0.4) is 0 Å². The summed E-state index contributed by atoms with van der Waals surface area (Å²) in [5, 5.41) is 37.3. The normalized spacial score (nSPS) is 20.4. The molecular weight excluding hydrogens is 536 g/mol. The number of aliphatic hydroxyl groups is 3. The van der Waals surface area contributed by atoms with E-state index in [4.69, 9.17) is 9.72 Å². The van der Waals surface area contributed by atoms with Crippen molar-refractivity contribution in [3.63, 3.8) is 0 Å². The number of nitrogens with zero attached hydrogens (tertiary/aromatic N) is 5. The molecule has 218 valence electrons. The average Bonchev–Trinajstić information content (AvgIpc) is 3.76. The molecule has 12 nitrogen and oxygen atoms in total. The first-order valence-electron chi connectivity index (χ1n) is 14.0. The molecule has 42 heavy (non-hydrogen) atoms. The Kier molecular flexibility index (Phi) is 8.38. The number of rotatable bonds is 12. The molecule has 0 unspecified atom stereocenters. The first kappa shape index (κ1) is 27.8. The Balaban J connectivity index is 1.27. The van der Waals surface area contributed by atoms with Crippen LogP contribution in [0.15, 0.2) is 79.5 Å². The highest BCUT2D eigenvalue weighted by Crippen LogP contribution is 2.33. The molecule has 0 saturated carbocycles. The number of H-pyrrole nitrogens is 1. The van der Waals surface area contributed by atoms with Crippen LogP contribution in [0.1, 0.15) is 35.4 Å². The lowest BCUT2D eigenvalue weighted by Crippen LogP contribution is -2.33. The molecule has 1 aliphatic rings. The zero-order valence-corrected chi connectivity index (χ0v) is 22.9. The highest BCUT2D eigenvalue weighted by molar-refractivity contribution is 5.84. The zero-order chi connectivity index (χ0) is 28.9. The summed E-state index contributed by atoms with van der Waals surface area (Å²) in [5.74, 6) is 1.09. The fourth-order valence-corrected chi connectivity index (χ4v) is 5.38. The van der Waals surface area contributed by atoms with Gasteiger partial charge in [0.25, 0.3) is 0 Å². The maximum atomic E-state index is 10.7. The quantitative estimate of drug-likeness (QED) is 0.131. The summed E-state index contributed by atoms with van der Waals surface area (Å²) in [5.41, 5.74) is 4.37. The summed E-state index contributed by atoms with van der Waals surface area (Å²) >= 11 is 0. The summed E-state index contributed by atoms with van der Waals surface area (Å²) in [6.45, 7) is 0.738. The molecule has 4 atom stereocenters. The summed E-state index contributed by atoms with van der Waals surface area (Å²) in [6.07, 6.45) is 2.02. The second-order valence-electron chi connectivity index (χ2n) is 10.3. The van der Waals surface area contributed by atoms with Crippen LogP contribution in [-0.4, -0.2) is 82.8 Å². The van der Waals surface area contributed by atoms with Gasteiger partial charge in [0.2, 0.25) is 5.95 Å². The van der Waals surface area contributed by atoms with Crippen molar-refractivity contribution in [3.8, 4) is 0 Å². The topological polar surface area (TPSA) is 166 Å². The van der Waals surface area contributed by atoms with E-state index in [0.717, 1.165) is 12.1 Å². The molecular formula is C30H34N8O4. The van der Waals surface area contributed by atoms with E-state index in [1.165, 1.54) is 17.5 Å². The van der Waals surface area contributed by atoms with Gasteiger partial charge in [-0.2, -0.15) is 9.97 Å². The van der Waals surface area contributed by atoms with Crippen molar-refractivity contribution in [2.75, 3.05) is 30.3 Å². The van der Waals surface area contributed by atoms with Crippen LogP contribution in [0.25, 0.3) is 11.2 Å². The number of fused-ring (bicyclic) bond motifs is 1. The predicted molar refractivity (Wildman–Crippen MR) is 157 cm³/mol. The van der Waals surface area contributed by atoms with Crippen molar-refractivity contribution < 1.29 is 20.1 Å². The molecule has 4 heterocycles. The third-order valence-electron chi connectivity index (χ3n) is 7.57. The Morgan fingerprint density at radius 1 is 0.929 bits per heavy atom. The number of aromatic nitrogens is 6. The number of aromatic amines is 1. The Morgan fingerprint density at radius 3 is 2.31 bits per heavy atom. The van der Waals surface area contributed by atoms with Crippen molar-refractivity contribution in [2.45, 2.75) is 43.3 Å². The fourth-order valence-electron chi connectivity index (χ4n) is 5.38. The van der Waals surface area contributed by atoms with Crippen LogP contribution in [0.4, 0.5) is 11.8 Å². The number of ether oxygens (including phenoxy) is 1. The third kappa shape index (κ3) is 5.83. The Morgan fingerprint density at radius 2 is 1.67 bits per heavy atom. The van der Waals surface area contributed by atoms with Gasteiger partial charge >= 0.3 is 0 Å². The molecule has 6 rings (SSSR count). The maximum absolute atomic E-state index is 10.7. The Hall–Kier alpha value is -4.36. The number of benzene rings is 2. The number of imidazole rings is 2. The molecule has 1 aliphatic heterocycles. The zero-order valence-electron chi connectivity index (χ0n) is 22.9. The lowest BCUT2D eigenvalue weighted by Gasteiger charge is -2.19. The molecule has 0 radical (unpaired) electrons. The second-order valence-corrected chi connectivity index (χ2v) is 10.3. The van der Waals surface area contributed by atoms with Crippen molar-refractivity contribution in [1.29, 1.82) is 0 Å². The van der Waals surface area contributed by atoms with Crippen molar-refractivity contribution in [1.82, 2.24) is 29.5 Å². The van der Waals surface area contributed by atoms with Crippen LogP contribution in [0.5, 0.6) is 0 Å². The highest BCUT2D eigenvalue weighted by atomic mass is 16.6. The van der Waals surface area contributed by atoms with E-state index in [2.05, 4.69) is 79.1 Å². The van der Waals surface area contributed by atoms with Gasteiger partial charge in [0.1, 0.15) is 18.3 Å². The first-order valence-corrected chi connectivity index (χ1v) is 14.0. The van der Waals surface area contributed by atoms with E-state index in [1.54, 1.807) is 17.1 Å². The molecule has 0 spiro atoms. The molecule has 0 aliphatic carbocycles. The number of nitrogens with one attached hydrogen (secondary N) is 3. The Labute approximate surface area is 242 Å².